The maximum absolute atomic E-state index is 5.92. The monoisotopic (exact) mass is 329 g/mol. The topological polar surface area (TPSA) is 61.0 Å². The van der Waals surface area contributed by atoms with E-state index in [0.717, 1.165) is 26.7 Å². The van der Waals surface area contributed by atoms with E-state index in [-0.39, 0.29) is 0 Å². The minimum atomic E-state index is 0.445. The number of ether oxygens (including phenoxy) is 1. The average Bonchev–Trinajstić information content (AvgIpc) is 2.47. The normalized spacial score (nSPS) is 10.7. The quantitative estimate of drug-likeness (QED) is 0.746. The van der Waals surface area contributed by atoms with Gasteiger partial charge in [0.2, 0.25) is 0 Å². The first-order valence-electron chi connectivity index (χ1n) is 6.09. The van der Waals surface area contributed by atoms with E-state index < -0.39 is 0 Å². The number of nitrogens with two attached hydrogens (primary N) is 1. The summed E-state index contributed by atoms with van der Waals surface area (Å²) in [6.07, 6.45) is 5.25. The van der Waals surface area contributed by atoms with Crippen LogP contribution in [0.25, 0.3) is 10.9 Å². The Balaban J connectivity index is 1.90. The molecule has 0 unspecified atom stereocenters. The van der Waals surface area contributed by atoms with E-state index in [4.69, 9.17) is 10.5 Å². The lowest BCUT2D eigenvalue weighted by molar-refractivity contribution is 0.309. The number of hydrogen-bond acceptors (Lipinski definition) is 4. The molecule has 0 spiro atoms. The molecule has 0 bridgehead atoms. The van der Waals surface area contributed by atoms with Crippen LogP contribution in [0.2, 0.25) is 0 Å². The van der Waals surface area contributed by atoms with Gasteiger partial charge in [-0.15, -0.1) is 0 Å². The number of benzene rings is 1. The van der Waals surface area contributed by atoms with Gasteiger partial charge in [-0.2, -0.15) is 0 Å². The molecule has 3 rings (SSSR count). The number of aromatic nitrogens is 2. The highest BCUT2D eigenvalue weighted by molar-refractivity contribution is 9.10. The van der Waals surface area contributed by atoms with Gasteiger partial charge in [0.25, 0.3) is 0 Å². The van der Waals surface area contributed by atoms with E-state index in [9.17, 15) is 0 Å². The van der Waals surface area contributed by atoms with Gasteiger partial charge < -0.3 is 10.5 Å². The molecular weight excluding hydrogens is 318 g/mol. The Bertz CT molecular complexity index is 761. The molecule has 0 aliphatic rings. The lowest BCUT2D eigenvalue weighted by Gasteiger charge is -2.10. The fourth-order valence-corrected chi connectivity index (χ4v) is 2.40. The summed E-state index contributed by atoms with van der Waals surface area (Å²) in [6, 6.07) is 9.47. The summed E-state index contributed by atoms with van der Waals surface area (Å²) in [5.74, 6) is 0.766. The lowest BCUT2D eigenvalue weighted by Crippen LogP contribution is -1.98. The molecule has 5 heteroatoms. The Labute approximate surface area is 124 Å². The molecule has 0 aliphatic heterocycles. The zero-order valence-electron chi connectivity index (χ0n) is 10.6. The summed E-state index contributed by atoms with van der Waals surface area (Å²) in [5.41, 5.74) is 8.32. The second-order valence-corrected chi connectivity index (χ2v) is 5.27. The third kappa shape index (κ3) is 2.58. The number of hydrogen-bond donors (Lipinski definition) is 1. The van der Waals surface area contributed by atoms with Gasteiger partial charge in [-0.1, -0.05) is 0 Å². The molecule has 0 atom stereocenters. The second kappa shape index (κ2) is 5.46. The molecule has 0 saturated heterocycles. The smallest absolute Gasteiger partial charge is 0.129 e. The Kier molecular flexibility index (Phi) is 3.52. The SMILES string of the molecule is Nc1ccc(OCc2cncc(Br)c2)c2cccnc12. The van der Waals surface area contributed by atoms with Crippen LogP contribution < -0.4 is 10.5 Å². The summed E-state index contributed by atoms with van der Waals surface area (Å²) < 4.78 is 6.79. The standard InChI is InChI=1S/C15H12BrN3O/c16-11-6-10(7-18-8-11)9-20-14-4-3-13(17)15-12(14)2-1-5-19-15/h1-8H,9,17H2. The zero-order chi connectivity index (χ0) is 13.9. The fourth-order valence-electron chi connectivity index (χ4n) is 1.99. The van der Waals surface area contributed by atoms with Gasteiger partial charge in [0.05, 0.1) is 11.2 Å². The maximum Gasteiger partial charge on any atom is 0.129 e. The van der Waals surface area contributed by atoms with Crippen molar-refractivity contribution < 1.29 is 4.74 Å². The Morgan fingerprint density at radius 3 is 2.95 bits per heavy atom. The van der Waals surface area contributed by atoms with Gasteiger partial charge >= 0.3 is 0 Å². The van der Waals surface area contributed by atoms with Crippen molar-refractivity contribution in [3.63, 3.8) is 0 Å². The summed E-state index contributed by atoms with van der Waals surface area (Å²) in [7, 11) is 0. The van der Waals surface area contributed by atoms with Gasteiger partial charge in [0, 0.05) is 34.0 Å². The van der Waals surface area contributed by atoms with Gasteiger partial charge in [-0.25, -0.2) is 0 Å². The van der Waals surface area contributed by atoms with Crippen LogP contribution in [0.5, 0.6) is 5.75 Å². The van der Waals surface area contributed by atoms with Crippen LogP contribution >= 0.6 is 15.9 Å². The number of pyridine rings is 2. The molecule has 0 amide bonds. The lowest BCUT2D eigenvalue weighted by atomic mass is 10.1. The van der Waals surface area contributed by atoms with Crippen molar-refractivity contribution in [1.82, 2.24) is 9.97 Å². The van der Waals surface area contributed by atoms with Crippen LogP contribution in [0.4, 0.5) is 5.69 Å². The number of anilines is 1. The van der Waals surface area contributed by atoms with Gasteiger partial charge in [0.1, 0.15) is 12.4 Å². The summed E-state index contributed by atoms with van der Waals surface area (Å²) in [5, 5.41) is 0.912. The molecule has 1 aromatic carbocycles. The van der Waals surface area contributed by atoms with Crippen LogP contribution in [0.1, 0.15) is 5.56 Å². The Hall–Kier alpha value is -2.14. The number of nitrogens with zero attached hydrogens (tertiary/aromatic N) is 2. The van der Waals surface area contributed by atoms with Crippen molar-refractivity contribution in [2.75, 3.05) is 5.73 Å². The third-order valence-corrected chi connectivity index (χ3v) is 3.35. The molecular formula is C15H12BrN3O. The molecule has 100 valence electrons. The highest BCUT2D eigenvalue weighted by atomic mass is 79.9. The first-order chi connectivity index (χ1) is 9.74. The largest absolute Gasteiger partial charge is 0.488 e. The minimum Gasteiger partial charge on any atom is -0.488 e. The van der Waals surface area contributed by atoms with Crippen molar-refractivity contribution in [2.24, 2.45) is 0 Å². The summed E-state index contributed by atoms with van der Waals surface area (Å²) in [4.78, 5) is 8.40. The number of nitrogen functional groups attached to an aromatic ring is 1. The molecule has 2 N–H and O–H groups in total. The molecule has 0 aliphatic carbocycles. The third-order valence-electron chi connectivity index (χ3n) is 2.92. The van der Waals surface area contributed by atoms with E-state index in [0.29, 0.717) is 12.3 Å². The summed E-state index contributed by atoms with van der Waals surface area (Å²) in [6.45, 7) is 0.445. The van der Waals surface area contributed by atoms with Crippen molar-refractivity contribution >= 4 is 32.5 Å². The van der Waals surface area contributed by atoms with Crippen LogP contribution in [0.15, 0.2) is 53.4 Å². The van der Waals surface area contributed by atoms with Gasteiger partial charge in [-0.3, -0.25) is 9.97 Å². The van der Waals surface area contributed by atoms with Crippen LogP contribution in [-0.2, 0) is 6.61 Å². The minimum absolute atomic E-state index is 0.445. The van der Waals surface area contributed by atoms with E-state index in [1.54, 1.807) is 18.6 Å². The number of halogens is 1. The molecule has 0 fully saturated rings. The molecule has 20 heavy (non-hydrogen) atoms. The van der Waals surface area contributed by atoms with Crippen molar-refractivity contribution in [2.45, 2.75) is 6.61 Å². The molecule has 2 aromatic heterocycles. The van der Waals surface area contributed by atoms with Crippen LogP contribution in [0, 0.1) is 0 Å². The number of fused-ring (bicyclic) bond motifs is 1. The van der Waals surface area contributed by atoms with Crippen molar-refractivity contribution in [3.8, 4) is 5.75 Å². The maximum atomic E-state index is 5.92. The molecule has 4 nitrogen and oxygen atoms in total. The predicted octanol–water partition coefficient (Wildman–Crippen LogP) is 3.55. The van der Waals surface area contributed by atoms with Crippen molar-refractivity contribution in [1.29, 1.82) is 0 Å². The van der Waals surface area contributed by atoms with E-state index in [1.165, 1.54) is 0 Å². The summed E-state index contributed by atoms with van der Waals surface area (Å²) >= 11 is 3.39. The Morgan fingerprint density at radius 1 is 1.20 bits per heavy atom. The van der Waals surface area contributed by atoms with E-state index in [1.807, 2.05) is 30.3 Å². The fraction of sp³-hybridized carbons (Fsp3) is 0.0667. The first-order valence-corrected chi connectivity index (χ1v) is 6.89. The molecule has 0 radical (unpaired) electrons. The molecule has 3 aromatic rings. The van der Waals surface area contributed by atoms with Crippen LogP contribution in [-0.4, -0.2) is 9.97 Å². The molecule has 0 saturated carbocycles. The van der Waals surface area contributed by atoms with Crippen molar-refractivity contribution in [3.05, 3.63) is 59.0 Å². The molecule has 2 heterocycles. The van der Waals surface area contributed by atoms with E-state index in [2.05, 4.69) is 25.9 Å². The second-order valence-electron chi connectivity index (χ2n) is 4.35. The predicted molar refractivity (Wildman–Crippen MR) is 82.4 cm³/mol. The average molecular weight is 330 g/mol. The highest BCUT2D eigenvalue weighted by Crippen LogP contribution is 2.28. The number of rotatable bonds is 3. The van der Waals surface area contributed by atoms with Gasteiger partial charge in [-0.05, 0) is 46.3 Å². The highest BCUT2D eigenvalue weighted by Gasteiger charge is 2.06. The van der Waals surface area contributed by atoms with Crippen LogP contribution in [0.3, 0.4) is 0 Å². The van der Waals surface area contributed by atoms with Gasteiger partial charge in [0.15, 0.2) is 0 Å². The Morgan fingerprint density at radius 2 is 2.10 bits per heavy atom. The zero-order valence-corrected chi connectivity index (χ0v) is 12.2. The van der Waals surface area contributed by atoms with E-state index >= 15 is 0 Å². The first kappa shape index (κ1) is 12.9.